The average molecular weight is 337 g/mol. The molecule has 5 heteroatoms. The third-order valence-corrected chi connectivity index (χ3v) is 5.30. The molecule has 2 aliphatic rings. The highest BCUT2D eigenvalue weighted by Gasteiger charge is 2.45. The van der Waals surface area contributed by atoms with Gasteiger partial charge in [0.25, 0.3) is 0 Å². The predicted molar refractivity (Wildman–Crippen MR) is 95.3 cm³/mol. The van der Waals surface area contributed by atoms with Crippen molar-refractivity contribution >= 4 is 6.03 Å². The number of ether oxygens (including phenoxy) is 1. The molecule has 0 radical (unpaired) electrons. The summed E-state index contributed by atoms with van der Waals surface area (Å²) >= 11 is 0. The number of carbonyl (C=O) groups excluding carboxylic acids is 1. The van der Waals surface area contributed by atoms with Crippen LogP contribution < -0.4 is 15.4 Å². The maximum absolute atomic E-state index is 12.5. The molecule has 130 valence electrons. The summed E-state index contributed by atoms with van der Waals surface area (Å²) in [5, 5.41) is 6.16. The van der Waals surface area contributed by atoms with E-state index in [0.717, 1.165) is 36.1 Å². The van der Waals surface area contributed by atoms with E-state index in [9.17, 15) is 4.79 Å². The molecule has 2 atom stereocenters. The molecule has 1 saturated carbocycles. The Bertz CT molecular complexity index is 759. The number of nitrogens with zero attached hydrogens (tertiary/aromatic N) is 1. The summed E-state index contributed by atoms with van der Waals surface area (Å²) in [6.45, 7) is 1.96. The standard InChI is InChI=1S/C20H23N3O2/c1-14(15-6-4-11-21-13-15)22-19(24)23-17-12-20(9-5-10-20)25-18-8-3-2-7-16(17)18/h2-4,6-8,11,13-14,17H,5,9-10,12H2,1H3,(H2,22,23,24)/t14-,17-/m1/s1. The number of pyridine rings is 1. The quantitative estimate of drug-likeness (QED) is 0.893. The lowest BCUT2D eigenvalue weighted by Gasteiger charge is -2.48. The van der Waals surface area contributed by atoms with Crippen LogP contribution in [0.2, 0.25) is 0 Å². The lowest BCUT2D eigenvalue weighted by molar-refractivity contribution is -0.0355. The Morgan fingerprint density at radius 2 is 2.12 bits per heavy atom. The molecule has 1 aliphatic carbocycles. The third-order valence-electron chi connectivity index (χ3n) is 5.30. The Morgan fingerprint density at radius 3 is 2.84 bits per heavy atom. The first-order chi connectivity index (χ1) is 12.2. The second-order valence-corrected chi connectivity index (χ2v) is 7.06. The van der Waals surface area contributed by atoms with E-state index in [-0.39, 0.29) is 23.7 Å². The molecule has 25 heavy (non-hydrogen) atoms. The van der Waals surface area contributed by atoms with Crippen molar-refractivity contribution in [2.45, 2.75) is 50.3 Å². The minimum Gasteiger partial charge on any atom is -0.487 e. The molecule has 2 N–H and O–H groups in total. The number of para-hydroxylation sites is 1. The van der Waals surface area contributed by atoms with E-state index in [1.54, 1.807) is 12.4 Å². The number of fused-ring (bicyclic) bond motifs is 1. The smallest absolute Gasteiger partial charge is 0.315 e. The van der Waals surface area contributed by atoms with Gasteiger partial charge in [0, 0.05) is 24.4 Å². The molecule has 1 spiro atoms. The number of amides is 2. The van der Waals surface area contributed by atoms with Gasteiger partial charge in [-0.2, -0.15) is 0 Å². The van der Waals surface area contributed by atoms with Gasteiger partial charge in [-0.1, -0.05) is 24.3 Å². The Morgan fingerprint density at radius 1 is 1.28 bits per heavy atom. The Balaban J connectivity index is 1.47. The van der Waals surface area contributed by atoms with Gasteiger partial charge in [0.15, 0.2) is 0 Å². The van der Waals surface area contributed by atoms with Crippen LogP contribution in [0.1, 0.15) is 55.8 Å². The normalized spacial score (nSPS) is 21.4. The zero-order chi connectivity index (χ0) is 17.3. The fourth-order valence-corrected chi connectivity index (χ4v) is 3.74. The Labute approximate surface area is 147 Å². The fraction of sp³-hybridized carbons (Fsp3) is 0.400. The van der Waals surface area contributed by atoms with Crippen LogP contribution in [0.15, 0.2) is 48.8 Å². The summed E-state index contributed by atoms with van der Waals surface area (Å²) in [5.41, 5.74) is 1.95. The highest BCUT2D eigenvalue weighted by molar-refractivity contribution is 5.75. The number of benzene rings is 1. The van der Waals surface area contributed by atoms with E-state index < -0.39 is 0 Å². The second kappa shape index (κ2) is 6.39. The van der Waals surface area contributed by atoms with Crippen LogP contribution in [0.5, 0.6) is 5.75 Å². The lowest BCUT2D eigenvalue weighted by atomic mass is 9.73. The largest absolute Gasteiger partial charge is 0.487 e. The number of urea groups is 1. The van der Waals surface area contributed by atoms with E-state index in [2.05, 4.69) is 15.6 Å². The lowest BCUT2D eigenvalue weighted by Crippen LogP contribution is -2.51. The van der Waals surface area contributed by atoms with Crippen molar-refractivity contribution in [3.63, 3.8) is 0 Å². The molecule has 2 amide bonds. The van der Waals surface area contributed by atoms with E-state index in [4.69, 9.17) is 4.74 Å². The monoisotopic (exact) mass is 337 g/mol. The summed E-state index contributed by atoms with van der Waals surface area (Å²) < 4.78 is 6.24. The van der Waals surface area contributed by atoms with E-state index in [1.807, 2.05) is 43.3 Å². The number of carbonyl (C=O) groups is 1. The van der Waals surface area contributed by atoms with E-state index in [0.29, 0.717) is 0 Å². The molecule has 1 aliphatic heterocycles. The minimum atomic E-state index is -0.160. The zero-order valence-corrected chi connectivity index (χ0v) is 14.4. The van der Waals surface area contributed by atoms with Crippen molar-refractivity contribution in [1.29, 1.82) is 0 Å². The van der Waals surface area contributed by atoms with Crippen LogP contribution in [-0.4, -0.2) is 16.6 Å². The topological polar surface area (TPSA) is 63.2 Å². The van der Waals surface area contributed by atoms with Crippen LogP contribution >= 0.6 is 0 Å². The molecule has 0 unspecified atom stereocenters. The highest BCUT2D eigenvalue weighted by Crippen LogP contribution is 2.48. The van der Waals surface area contributed by atoms with Gasteiger partial charge >= 0.3 is 6.03 Å². The highest BCUT2D eigenvalue weighted by atomic mass is 16.5. The number of rotatable bonds is 3. The molecule has 5 nitrogen and oxygen atoms in total. The minimum absolute atomic E-state index is 0.0219. The van der Waals surface area contributed by atoms with Crippen molar-refractivity contribution in [2.24, 2.45) is 0 Å². The first-order valence-corrected chi connectivity index (χ1v) is 8.90. The number of hydrogen-bond donors (Lipinski definition) is 2. The van der Waals surface area contributed by atoms with Gasteiger partial charge in [-0.05, 0) is 43.9 Å². The molecule has 4 rings (SSSR count). The SMILES string of the molecule is C[C@@H](NC(=O)N[C@@H]1CC2(CCC2)Oc2ccccc21)c1cccnc1. The van der Waals surface area contributed by atoms with Crippen LogP contribution in [0, 0.1) is 0 Å². The van der Waals surface area contributed by atoms with Gasteiger partial charge in [-0.15, -0.1) is 0 Å². The number of aromatic nitrogens is 1. The van der Waals surface area contributed by atoms with Gasteiger partial charge < -0.3 is 15.4 Å². The second-order valence-electron chi connectivity index (χ2n) is 7.06. The van der Waals surface area contributed by atoms with Gasteiger partial charge in [0.05, 0.1) is 12.1 Å². The van der Waals surface area contributed by atoms with E-state index >= 15 is 0 Å². The van der Waals surface area contributed by atoms with Gasteiger partial charge in [-0.3, -0.25) is 4.98 Å². The van der Waals surface area contributed by atoms with Crippen LogP contribution in [0.4, 0.5) is 4.79 Å². The predicted octanol–water partition coefficient (Wildman–Crippen LogP) is 3.89. The molecule has 2 heterocycles. The molecule has 1 fully saturated rings. The summed E-state index contributed by atoms with van der Waals surface area (Å²) in [5.74, 6) is 0.902. The zero-order valence-electron chi connectivity index (χ0n) is 14.4. The van der Waals surface area contributed by atoms with Gasteiger partial charge in [0.2, 0.25) is 0 Å². The fourth-order valence-electron chi connectivity index (χ4n) is 3.74. The molecular weight excluding hydrogens is 314 g/mol. The van der Waals surface area contributed by atoms with Crippen molar-refractivity contribution in [1.82, 2.24) is 15.6 Å². The Kier molecular flexibility index (Phi) is 4.07. The van der Waals surface area contributed by atoms with Crippen LogP contribution in [-0.2, 0) is 0 Å². The summed E-state index contributed by atoms with van der Waals surface area (Å²) in [4.78, 5) is 16.6. The molecule has 1 aromatic heterocycles. The third kappa shape index (κ3) is 3.18. The van der Waals surface area contributed by atoms with Crippen molar-refractivity contribution in [3.8, 4) is 5.75 Å². The van der Waals surface area contributed by atoms with Gasteiger partial charge in [-0.25, -0.2) is 4.79 Å². The Hall–Kier alpha value is -2.56. The van der Waals surface area contributed by atoms with Crippen molar-refractivity contribution in [3.05, 3.63) is 59.9 Å². The number of nitrogens with one attached hydrogen (secondary N) is 2. The first-order valence-electron chi connectivity index (χ1n) is 8.90. The molecule has 0 saturated heterocycles. The van der Waals surface area contributed by atoms with Crippen molar-refractivity contribution < 1.29 is 9.53 Å². The van der Waals surface area contributed by atoms with Crippen molar-refractivity contribution in [2.75, 3.05) is 0 Å². The maximum atomic E-state index is 12.5. The molecule has 0 bridgehead atoms. The van der Waals surface area contributed by atoms with Crippen LogP contribution in [0.3, 0.4) is 0 Å². The maximum Gasteiger partial charge on any atom is 0.315 e. The molecule has 2 aromatic rings. The van der Waals surface area contributed by atoms with E-state index in [1.165, 1.54) is 6.42 Å². The number of hydrogen-bond acceptors (Lipinski definition) is 3. The van der Waals surface area contributed by atoms with Crippen LogP contribution in [0.25, 0.3) is 0 Å². The molecule has 1 aromatic carbocycles. The first kappa shape index (κ1) is 15.9. The summed E-state index contributed by atoms with van der Waals surface area (Å²) in [6.07, 6.45) is 7.66. The summed E-state index contributed by atoms with van der Waals surface area (Å²) in [7, 11) is 0. The van der Waals surface area contributed by atoms with Gasteiger partial charge in [0.1, 0.15) is 11.4 Å². The molecular formula is C20H23N3O2. The summed E-state index contributed by atoms with van der Waals surface area (Å²) in [6, 6.07) is 11.6. The average Bonchev–Trinajstić information content (AvgIpc) is 2.61.